The summed E-state index contributed by atoms with van der Waals surface area (Å²) < 4.78 is 6.77. The molecule has 1 heterocycles. The minimum atomic E-state index is -0.249. The number of hydrogen-bond acceptors (Lipinski definition) is 5. The van der Waals surface area contributed by atoms with Gasteiger partial charge in [0.2, 0.25) is 5.91 Å². The van der Waals surface area contributed by atoms with Gasteiger partial charge in [0.05, 0.1) is 30.4 Å². The van der Waals surface area contributed by atoms with Gasteiger partial charge >= 0.3 is 0 Å². The second-order valence-electron chi connectivity index (χ2n) is 6.72. The number of ether oxygens (including phenoxy) is 1. The van der Waals surface area contributed by atoms with Crippen molar-refractivity contribution in [1.29, 1.82) is 0 Å². The number of fused-ring (bicyclic) bond motifs is 1. The number of nitrogens with zero attached hydrogens (tertiary/aromatic N) is 3. The van der Waals surface area contributed by atoms with E-state index in [1.165, 1.54) is 10.9 Å². The van der Waals surface area contributed by atoms with Crippen molar-refractivity contribution in [3.8, 4) is 5.75 Å². The van der Waals surface area contributed by atoms with Gasteiger partial charge in [0.15, 0.2) is 0 Å². The van der Waals surface area contributed by atoms with E-state index >= 15 is 0 Å². The molecule has 0 fully saturated rings. The highest BCUT2D eigenvalue weighted by molar-refractivity contribution is 5.78. The van der Waals surface area contributed by atoms with Gasteiger partial charge in [0.1, 0.15) is 12.3 Å². The molecule has 0 saturated carbocycles. The fraction of sp³-hybridized carbons (Fsp3) is 0.286. The van der Waals surface area contributed by atoms with E-state index in [1.54, 1.807) is 25.3 Å². The molecule has 0 spiro atoms. The Balaban J connectivity index is 1.72. The highest BCUT2D eigenvalue weighted by Gasteiger charge is 2.19. The van der Waals surface area contributed by atoms with E-state index in [0.717, 1.165) is 11.3 Å². The van der Waals surface area contributed by atoms with Gasteiger partial charge in [-0.3, -0.25) is 14.2 Å². The predicted octanol–water partition coefficient (Wildman–Crippen LogP) is 1.82. The summed E-state index contributed by atoms with van der Waals surface area (Å²) in [6.45, 7) is 0.310. The molecular formula is C21H24N4O3. The predicted molar refractivity (Wildman–Crippen MR) is 108 cm³/mol. The number of amides is 1. The molecule has 1 atom stereocenters. The maximum atomic E-state index is 12.5. The van der Waals surface area contributed by atoms with Gasteiger partial charge < -0.3 is 15.0 Å². The van der Waals surface area contributed by atoms with Crippen LogP contribution < -0.4 is 15.6 Å². The van der Waals surface area contributed by atoms with Gasteiger partial charge in [-0.15, -0.1) is 0 Å². The molecule has 0 aliphatic heterocycles. The molecule has 1 aromatic heterocycles. The molecule has 0 aliphatic rings. The summed E-state index contributed by atoms with van der Waals surface area (Å²) in [5, 5.41) is 3.41. The van der Waals surface area contributed by atoms with E-state index in [0.29, 0.717) is 17.4 Å². The molecule has 1 N–H and O–H groups in total. The van der Waals surface area contributed by atoms with Crippen molar-refractivity contribution in [2.24, 2.45) is 0 Å². The lowest BCUT2D eigenvalue weighted by atomic mass is 10.0. The number of hydrogen-bond donors (Lipinski definition) is 1. The monoisotopic (exact) mass is 380 g/mol. The summed E-state index contributed by atoms with van der Waals surface area (Å²) in [5.74, 6) is 0.520. The lowest BCUT2D eigenvalue weighted by Gasteiger charge is -2.26. The molecule has 0 radical (unpaired) electrons. The van der Waals surface area contributed by atoms with Crippen LogP contribution in [0.25, 0.3) is 10.9 Å². The number of likely N-dealkylation sites (N-methyl/N-ethyl adjacent to an activating group) is 1. The van der Waals surface area contributed by atoms with Gasteiger partial charge in [0.25, 0.3) is 5.56 Å². The maximum absolute atomic E-state index is 12.5. The van der Waals surface area contributed by atoms with E-state index in [4.69, 9.17) is 4.74 Å². The Bertz CT molecular complexity index is 1030. The summed E-state index contributed by atoms with van der Waals surface area (Å²) >= 11 is 0. The summed E-state index contributed by atoms with van der Waals surface area (Å²) in [7, 11) is 5.52. The summed E-state index contributed by atoms with van der Waals surface area (Å²) in [4.78, 5) is 31.3. The molecule has 28 heavy (non-hydrogen) atoms. The molecule has 3 rings (SSSR count). The van der Waals surface area contributed by atoms with Crippen LogP contribution in [0.4, 0.5) is 0 Å². The van der Waals surface area contributed by atoms with Crippen molar-refractivity contribution < 1.29 is 9.53 Å². The largest absolute Gasteiger partial charge is 0.496 e. The Morgan fingerprint density at radius 1 is 1.18 bits per heavy atom. The first kappa shape index (κ1) is 19.6. The van der Waals surface area contributed by atoms with E-state index in [9.17, 15) is 9.59 Å². The van der Waals surface area contributed by atoms with Crippen LogP contribution in [0.3, 0.4) is 0 Å². The molecule has 146 valence electrons. The fourth-order valence-corrected chi connectivity index (χ4v) is 3.15. The molecule has 2 aromatic carbocycles. The number of aromatic nitrogens is 2. The SMILES string of the molecule is COc1ccccc1C(CNC(=O)Cn1cnc2ccccc2c1=O)N(C)C. The Morgan fingerprint density at radius 2 is 1.89 bits per heavy atom. The zero-order valence-electron chi connectivity index (χ0n) is 16.3. The highest BCUT2D eigenvalue weighted by Crippen LogP contribution is 2.27. The number of carbonyl (C=O) groups is 1. The average molecular weight is 380 g/mol. The smallest absolute Gasteiger partial charge is 0.261 e. The molecule has 7 heteroatoms. The molecule has 0 saturated heterocycles. The second kappa shape index (κ2) is 8.67. The van der Waals surface area contributed by atoms with Gasteiger partial charge in [-0.05, 0) is 32.3 Å². The lowest BCUT2D eigenvalue weighted by Crippen LogP contribution is -2.38. The van der Waals surface area contributed by atoms with Crippen molar-refractivity contribution in [1.82, 2.24) is 19.8 Å². The van der Waals surface area contributed by atoms with Crippen molar-refractivity contribution in [2.75, 3.05) is 27.7 Å². The Kier molecular flexibility index (Phi) is 6.06. The van der Waals surface area contributed by atoms with Crippen LogP contribution in [0, 0.1) is 0 Å². The van der Waals surface area contributed by atoms with Crippen LogP contribution in [0.1, 0.15) is 11.6 Å². The third-order valence-corrected chi connectivity index (χ3v) is 4.66. The van der Waals surface area contributed by atoms with Gasteiger partial charge in [0, 0.05) is 12.1 Å². The van der Waals surface area contributed by atoms with Gasteiger partial charge in [-0.25, -0.2) is 4.98 Å². The standard InChI is InChI=1S/C21H24N4O3/c1-24(2)18(16-9-5-7-11-19(16)28-3)12-22-20(26)13-25-14-23-17-10-6-4-8-15(17)21(25)27/h4-11,14,18H,12-13H2,1-3H3,(H,22,26). The number of benzene rings is 2. The molecule has 1 unspecified atom stereocenters. The van der Waals surface area contributed by atoms with Crippen molar-refractivity contribution in [3.05, 3.63) is 70.8 Å². The Hall–Kier alpha value is -3.19. The molecule has 1 amide bonds. The third kappa shape index (κ3) is 4.20. The minimum Gasteiger partial charge on any atom is -0.496 e. The topological polar surface area (TPSA) is 76.5 Å². The maximum Gasteiger partial charge on any atom is 0.261 e. The zero-order valence-corrected chi connectivity index (χ0v) is 16.3. The van der Waals surface area contributed by atoms with Crippen LogP contribution in [0.15, 0.2) is 59.7 Å². The van der Waals surface area contributed by atoms with Crippen LogP contribution >= 0.6 is 0 Å². The van der Waals surface area contributed by atoms with E-state index in [1.807, 2.05) is 49.3 Å². The molecule has 0 bridgehead atoms. The minimum absolute atomic E-state index is 0.0634. The molecule has 7 nitrogen and oxygen atoms in total. The van der Waals surface area contributed by atoms with E-state index in [2.05, 4.69) is 10.3 Å². The number of nitrogens with one attached hydrogen (secondary N) is 1. The number of rotatable bonds is 7. The van der Waals surface area contributed by atoms with E-state index < -0.39 is 0 Å². The molecular weight excluding hydrogens is 356 g/mol. The normalized spacial score (nSPS) is 12.1. The second-order valence-corrected chi connectivity index (χ2v) is 6.72. The first-order chi connectivity index (χ1) is 13.5. The van der Waals surface area contributed by atoms with Crippen molar-refractivity contribution in [2.45, 2.75) is 12.6 Å². The van der Waals surface area contributed by atoms with Crippen LogP contribution in [0.5, 0.6) is 5.75 Å². The lowest BCUT2D eigenvalue weighted by molar-refractivity contribution is -0.121. The van der Waals surface area contributed by atoms with E-state index in [-0.39, 0.29) is 24.1 Å². The first-order valence-corrected chi connectivity index (χ1v) is 9.01. The van der Waals surface area contributed by atoms with Crippen LogP contribution in [-0.4, -0.2) is 48.1 Å². The molecule has 0 aliphatic carbocycles. The average Bonchev–Trinajstić information content (AvgIpc) is 2.70. The number of para-hydroxylation sites is 2. The van der Waals surface area contributed by atoms with Gasteiger partial charge in [-0.1, -0.05) is 30.3 Å². The van der Waals surface area contributed by atoms with Crippen molar-refractivity contribution >= 4 is 16.8 Å². The number of methoxy groups -OCH3 is 1. The van der Waals surface area contributed by atoms with Gasteiger partial charge in [-0.2, -0.15) is 0 Å². The third-order valence-electron chi connectivity index (χ3n) is 4.66. The summed E-state index contributed by atoms with van der Waals surface area (Å²) in [6, 6.07) is 14.8. The first-order valence-electron chi connectivity index (χ1n) is 9.01. The zero-order chi connectivity index (χ0) is 20.1. The quantitative estimate of drug-likeness (QED) is 0.677. The Labute approximate surface area is 163 Å². The number of carbonyl (C=O) groups excluding carboxylic acids is 1. The summed E-state index contributed by atoms with van der Waals surface area (Å²) in [5.41, 5.74) is 1.38. The fourth-order valence-electron chi connectivity index (χ4n) is 3.15. The van der Waals surface area contributed by atoms with Crippen LogP contribution in [0.2, 0.25) is 0 Å². The summed E-state index contributed by atoms with van der Waals surface area (Å²) in [6.07, 6.45) is 1.41. The van der Waals surface area contributed by atoms with Crippen molar-refractivity contribution in [3.63, 3.8) is 0 Å². The Morgan fingerprint density at radius 3 is 2.64 bits per heavy atom. The van der Waals surface area contributed by atoms with Crippen LogP contribution in [-0.2, 0) is 11.3 Å². The highest BCUT2D eigenvalue weighted by atomic mass is 16.5. The molecule has 3 aromatic rings.